The zero-order chi connectivity index (χ0) is 15.5. The fraction of sp³-hybridized carbons (Fsp3) is 0.333. The Labute approximate surface area is 131 Å². The van der Waals surface area contributed by atoms with E-state index in [1.54, 1.807) is 18.2 Å². The molecule has 2 saturated heterocycles. The highest BCUT2D eigenvalue weighted by Gasteiger charge is 2.37. The fourth-order valence-corrected chi connectivity index (χ4v) is 3.24. The van der Waals surface area contributed by atoms with E-state index in [0.717, 1.165) is 29.8 Å². The molecular formula is C15H16FN2O3S+. The molecule has 0 spiro atoms. The number of imide groups is 1. The standard InChI is InChI=1S/C15H15FN2O3S/c16-12-4-2-1-3-11(12)9-13-14(19)18(15(20)22-13)10-17-5-7-21-8-6-17/h1-4,9H,5-8,10H2/p+1/b13-9+. The number of carbonyl (C=O) groups excluding carboxylic acids is 2. The molecule has 5 nitrogen and oxygen atoms in total. The molecule has 2 aliphatic rings. The Balaban J connectivity index is 1.75. The summed E-state index contributed by atoms with van der Waals surface area (Å²) in [6, 6.07) is 6.18. The van der Waals surface area contributed by atoms with E-state index in [2.05, 4.69) is 0 Å². The lowest BCUT2D eigenvalue weighted by Crippen LogP contribution is -3.15. The minimum atomic E-state index is -0.409. The molecule has 0 aromatic heterocycles. The van der Waals surface area contributed by atoms with Crippen LogP contribution in [0.3, 0.4) is 0 Å². The second-order valence-electron chi connectivity index (χ2n) is 5.15. The molecule has 0 unspecified atom stereocenters. The molecular weight excluding hydrogens is 307 g/mol. The highest BCUT2D eigenvalue weighted by atomic mass is 32.2. The number of quaternary nitrogens is 1. The number of morpholine rings is 1. The van der Waals surface area contributed by atoms with Gasteiger partial charge in [-0.3, -0.25) is 9.59 Å². The number of hydrogen-bond acceptors (Lipinski definition) is 4. The second-order valence-corrected chi connectivity index (χ2v) is 6.14. The first-order valence-electron chi connectivity index (χ1n) is 7.06. The molecule has 116 valence electrons. The largest absolute Gasteiger partial charge is 0.370 e. The monoisotopic (exact) mass is 323 g/mol. The molecule has 2 amide bonds. The first kappa shape index (κ1) is 15.2. The smallest absolute Gasteiger partial charge is 0.298 e. The number of halogens is 1. The molecule has 2 aliphatic heterocycles. The Kier molecular flexibility index (Phi) is 4.56. The van der Waals surface area contributed by atoms with Crippen molar-refractivity contribution in [3.8, 4) is 0 Å². The van der Waals surface area contributed by atoms with Gasteiger partial charge >= 0.3 is 0 Å². The van der Waals surface area contributed by atoms with Gasteiger partial charge in [0.1, 0.15) is 18.9 Å². The van der Waals surface area contributed by atoms with Crippen molar-refractivity contribution in [1.82, 2.24) is 4.90 Å². The number of nitrogens with zero attached hydrogens (tertiary/aromatic N) is 1. The zero-order valence-corrected chi connectivity index (χ0v) is 12.7. The Hall–Kier alpha value is -1.70. The van der Waals surface area contributed by atoms with Crippen molar-refractivity contribution in [3.63, 3.8) is 0 Å². The lowest BCUT2D eigenvalue weighted by atomic mass is 10.2. The van der Waals surface area contributed by atoms with E-state index in [1.165, 1.54) is 17.0 Å². The first-order valence-corrected chi connectivity index (χ1v) is 7.88. The van der Waals surface area contributed by atoms with Gasteiger partial charge in [-0.05, 0) is 23.9 Å². The van der Waals surface area contributed by atoms with Crippen LogP contribution < -0.4 is 4.90 Å². The second kappa shape index (κ2) is 6.60. The van der Waals surface area contributed by atoms with Gasteiger partial charge in [0.2, 0.25) is 0 Å². The predicted molar refractivity (Wildman–Crippen MR) is 80.6 cm³/mol. The Bertz CT molecular complexity index is 629. The molecule has 0 radical (unpaired) electrons. The van der Waals surface area contributed by atoms with E-state index in [1.807, 2.05) is 0 Å². The molecule has 3 rings (SSSR count). The molecule has 0 bridgehead atoms. The summed E-state index contributed by atoms with van der Waals surface area (Å²) in [6.07, 6.45) is 1.44. The van der Waals surface area contributed by atoms with Gasteiger partial charge < -0.3 is 9.64 Å². The van der Waals surface area contributed by atoms with Crippen LogP contribution >= 0.6 is 11.8 Å². The van der Waals surface area contributed by atoms with Gasteiger partial charge in [0.15, 0.2) is 6.67 Å². The van der Waals surface area contributed by atoms with Gasteiger partial charge in [0.25, 0.3) is 11.1 Å². The summed E-state index contributed by atoms with van der Waals surface area (Å²) < 4.78 is 18.9. The van der Waals surface area contributed by atoms with Gasteiger partial charge in [-0.15, -0.1) is 0 Å². The van der Waals surface area contributed by atoms with Crippen LogP contribution in [0.4, 0.5) is 9.18 Å². The number of thioether (sulfide) groups is 1. The van der Waals surface area contributed by atoms with E-state index in [9.17, 15) is 14.0 Å². The quantitative estimate of drug-likeness (QED) is 0.834. The minimum absolute atomic E-state index is 0.266. The number of hydrogen-bond donors (Lipinski definition) is 1. The summed E-state index contributed by atoms with van der Waals surface area (Å²) in [6.45, 7) is 3.15. The van der Waals surface area contributed by atoms with Crippen LogP contribution in [0.25, 0.3) is 6.08 Å². The van der Waals surface area contributed by atoms with Gasteiger partial charge in [0, 0.05) is 5.56 Å². The van der Waals surface area contributed by atoms with Crippen LogP contribution in [0.15, 0.2) is 29.2 Å². The summed E-state index contributed by atoms with van der Waals surface area (Å²) >= 11 is 0.861. The summed E-state index contributed by atoms with van der Waals surface area (Å²) in [7, 11) is 0. The van der Waals surface area contributed by atoms with Crippen molar-refractivity contribution < 1.29 is 23.6 Å². The fourth-order valence-electron chi connectivity index (χ4n) is 2.41. The highest BCUT2D eigenvalue weighted by molar-refractivity contribution is 8.18. The maximum absolute atomic E-state index is 13.7. The van der Waals surface area contributed by atoms with E-state index in [0.29, 0.717) is 25.4 Å². The van der Waals surface area contributed by atoms with Gasteiger partial charge in [-0.1, -0.05) is 18.2 Å². The number of ether oxygens (including phenoxy) is 1. The Morgan fingerprint density at radius 1 is 1.27 bits per heavy atom. The molecule has 1 aromatic carbocycles. The molecule has 1 N–H and O–H groups in total. The minimum Gasteiger partial charge on any atom is -0.370 e. The number of carbonyl (C=O) groups is 2. The number of nitrogens with one attached hydrogen (secondary N) is 1. The number of benzene rings is 1. The average Bonchev–Trinajstić information content (AvgIpc) is 2.78. The lowest BCUT2D eigenvalue weighted by molar-refractivity contribution is -0.915. The van der Waals surface area contributed by atoms with E-state index in [-0.39, 0.29) is 16.1 Å². The maximum Gasteiger partial charge on any atom is 0.298 e. The van der Waals surface area contributed by atoms with Crippen molar-refractivity contribution in [2.24, 2.45) is 0 Å². The zero-order valence-electron chi connectivity index (χ0n) is 11.9. The molecule has 0 atom stereocenters. The van der Waals surface area contributed by atoms with Gasteiger partial charge in [-0.2, -0.15) is 0 Å². The molecule has 1 aromatic rings. The van der Waals surface area contributed by atoms with E-state index < -0.39 is 5.82 Å². The van der Waals surface area contributed by atoms with Crippen molar-refractivity contribution in [1.29, 1.82) is 0 Å². The molecule has 2 fully saturated rings. The number of rotatable bonds is 3. The third kappa shape index (κ3) is 3.21. The topological polar surface area (TPSA) is 51.0 Å². The summed E-state index contributed by atoms with van der Waals surface area (Å²) in [5.74, 6) is -0.759. The van der Waals surface area contributed by atoms with Crippen molar-refractivity contribution >= 4 is 29.0 Å². The lowest BCUT2D eigenvalue weighted by Gasteiger charge is -2.26. The van der Waals surface area contributed by atoms with Crippen molar-refractivity contribution in [3.05, 3.63) is 40.6 Å². The summed E-state index contributed by atoms with van der Waals surface area (Å²) in [4.78, 5) is 27.0. The van der Waals surface area contributed by atoms with Gasteiger partial charge in [-0.25, -0.2) is 9.29 Å². The van der Waals surface area contributed by atoms with Gasteiger partial charge in [0.05, 0.1) is 18.1 Å². The average molecular weight is 323 g/mol. The van der Waals surface area contributed by atoms with Crippen LogP contribution in [0, 0.1) is 5.82 Å². The van der Waals surface area contributed by atoms with Crippen molar-refractivity contribution in [2.45, 2.75) is 0 Å². The van der Waals surface area contributed by atoms with Crippen LogP contribution in [0.5, 0.6) is 0 Å². The Morgan fingerprint density at radius 3 is 2.73 bits per heavy atom. The third-order valence-corrected chi connectivity index (χ3v) is 4.55. The predicted octanol–water partition coefficient (Wildman–Crippen LogP) is 0.735. The first-order chi connectivity index (χ1) is 10.6. The summed E-state index contributed by atoms with van der Waals surface area (Å²) in [5, 5.41) is -0.299. The van der Waals surface area contributed by atoms with E-state index in [4.69, 9.17) is 4.74 Å². The highest BCUT2D eigenvalue weighted by Crippen LogP contribution is 2.31. The van der Waals surface area contributed by atoms with Crippen LogP contribution in [0.1, 0.15) is 5.56 Å². The third-order valence-electron chi connectivity index (χ3n) is 3.65. The normalized spacial score (nSPS) is 21.9. The number of amides is 2. The van der Waals surface area contributed by atoms with Crippen LogP contribution in [-0.2, 0) is 9.53 Å². The Morgan fingerprint density at radius 2 is 2.00 bits per heavy atom. The van der Waals surface area contributed by atoms with Crippen LogP contribution in [0.2, 0.25) is 0 Å². The molecule has 22 heavy (non-hydrogen) atoms. The molecule has 7 heteroatoms. The molecule has 0 saturated carbocycles. The van der Waals surface area contributed by atoms with E-state index >= 15 is 0 Å². The molecule has 2 heterocycles. The van der Waals surface area contributed by atoms with Crippen molar-refractivity contribution in [2.75, 3.05) is 33.0 Å². The molecule has 0 aliphatic carbocycles. The van der Waals surface area contributed by atoms with Crippen LogP contribution in [-0.4, -0.2) is 49.0 Å². The summed E-state index contributed by atoms with van der Waals surface area (Å²) in [5.41, 5.74) is 0.312. The maximum atomic E-state index is 13.7. The SMILES string of the molecule is O=C1S/C(=C/c2ccccc2F)C(=O)N1C[NH+]1CCOCC1.